The molecule has 1 aliphatic heterocycles. The van der Waals surface area contributed by atoms with E-state index in [4.69, 9.17) is 0 Å². The van der Waals surface area contributed by atoms with E-state index >= 15 is 0 Å². The third-order valence-electron chi connectivity index (χ3n) is 10.9. The summed E-state index contributed by atoms with van der Waals surface area (Å²) >= 11 is 1.77. The highest BCUT2D eigenvalue weighted by molar-refractivity contribution is 7.91. The van der Waals surface area contributed by atoms with Crippen molar-refractivity contribution in [3.8, 4) is 16.8 Å². The van der Waals surface area contributed by atoms with Crippen LogP contribution in [0.5, 0.6) is 0 Å². The van der Waals surface area contributed by atoms with Gasteiger partial charge in [0.15, 0.2) is 0 Å². The maximum atomic E-state index is 14.3. The average molecular weight is 669 g/mol. The second-order valence-electron chi connectivity index (χ2n) is 13.8. The normalized spacial score (nSPS) is 15.2. The molecule has 0 aliphatic carbocycles. The van der Waals surface area contributed by atoms with Crippen LogP contribution < -0.4 is 0 Å². The molecule has 0 atom stereocenters. The summed E-state index contributed by atoms with van der Waals surface area (Å²) in [4.78, 5) is 2.03. The van der Waals surface area contributed by atoms with Crippen LogP contribution in [0.3, 0.4) is 0 Å². The van der Waals surface area contributed by atoms with Crippen molar-refractivity contribution in [2.75, 3.05) is 0 Å². The molecule has 4 nitrogen and oxygen atoms in total. The van der Waals surface area contributed by atoms with Gasteiger partial charge in [0.05, 0.1) is 31.9 Å². The summed E-state index contributed by atoms with van der Waals surface area (Å²) in [5.74, 6) is 0. The number of para-hydroxylation sites is 3. The van der Waals surface area contributed by atoms with Gasteiger partial charge >= 0.3 is 0 Å². The molecule has 1 aliphatic rings. The van der Waals surface area contributed by atoms with Gasteiger partial charge in [-0.25, -0.2) is 8.42 Å². The van der Waals surface area contributed by atoms with Gasteiger partial charge in [-0.2, -0.15) is 0 Å². The Morgan fingerprint density at radius 2 is 1.12 bits per heavy atom. The predicted octanol–water partition coefficient (Wildman–Crippen LogP) is 11.1. The molecule has 0 saturated heterocycles. The summed E-state index contributed by atoms with van der Waals surface area (Å²) in [5.41, 5.74) is 8.79. The number of fused-ring (bicyclic) bond motifs is 11. The SMILES string of the molecule is CC1(C)c2cc(-c3cc4c5ccccc5n5c6sccc6c(c3)c45)ccc2S(=O)(=O)c2ccc(-n3c4ccccc4c4ccccc43)cc21. The maximum Gasteiger partial charge on any atom is 0.207 e. The Morgan fingerprint density at radius 3 is 1.82 bits per heavy atom. The van der Waals surface area contributed by atoms with Crippen molar-refractivity contribution < 1.29 is 8.42 Å². The Morgan fingerprint density at radius 1 is 0.551 bits per heavy atom. The van der Waals surface area contributed by atoms with E-state index in [9.17, 15) is 8.42 Å². The second-order valence-corrected chi connectivity index (χ2v) is 16.6. The van der Waals surface area contributed by atoms with E-state index < -0.39 is 15.3 Å². The van der Waals surface area contributed by atoms with E-state index in [2.05, 4.69) is 131 Å². The summed E-state index contributed by atoms with van der Waals surface area (Å²) in [6, 6.07) is 44.0. The van der Waals surface area contributed by atoms with Crippen LogP contribution in [0, 0.1) is 0 Å². The fourth-order valence-corrected chi connectivity index (χ4v) is 11.5. The van der Waals surface area contributed by atoms with Crippen LogP contribution in [0.1, 0.15) is 25.0 Å². The first-order valence-corrected chi connectivity index (χ1v) is 18.9. The Balaban J connectivity index is 1.13. The molecule has 234 valence electrons. The van der Waals surface area contributed by atoms with Gasteiger partial charge in [-0.1, -0.05) is 74.5 Å². The monoisotopic (exact) mass is 668 g/mol. The third-order valence-corrected chi connectivity index (χ3v) is 13.7. The van der Waals surface area contributed by atoms with Gasteiger partial charge in [0.2, 0.25) is 9.84 Å². The van der Waals surface area contributed by atoms with Gasteiger partial charge < -0.3 is 4.57 Å². The highest BCUT2D eigenvalue weighted by Gasteiger charge is 2.41. The van der Waals surface area contributed by atoms with Gasteiger partial charge in [-0.05, 0) is 94.4 Å². The molecule has 5 heterocycles. The van der Waals surface area contributed by atoms with Crippen molar-refractivity contribution in [2.24, 2.45) is 0 Å². The quantitative estimate of drug-likeness (QED) is 0.184. The van der Waals surface area contributed by atoms with Gasteiger partial charge in [0.25, 0.3) is 0 Å². The fraction of sp³-hybridized carbons (Fsp3) is 0.0698. The largest absolute Gasteiger partial charge is 0.309 e. The van der Waals surface area contributed by atoms with Crippen molar-refractivity contribution in [2.45, 2.75) is 29.1 Å². The smallest absolute Gasteiger partial charge is 0.207 e. The lowest BCUT2D eigenvalue weighted by Crippen LogP contribution is -2.30. The molecular weight excluding hydrogens is 641 g/mol. The molecule has 0 amide bonds. The minimum absolute atomic E-state index is 0.384. The van der Waals surface area contributed by atoms with Crippen LogP contribution in [0.2, 0.25) is 0 Å². The zero-order valence-electron chi connectivity index (χ0n) is 26.7. The number of benzene rings is 6. The topological polar surface area (TPSA) is 43.5 Å². The highest BCUT2D eigenvalue weighted by Crippen LogP contribution is 2.49. The van der Waals surface area contributed by atoms with Crippen LogP contribution in [0.15, 0.2) is 143 Å². The van der Waals surface area contributed by atoms with E-state index in [0.29, 0.717) is 9.79 Å². The molecule has 10 aromatic rings. The molecular formula is C43H28N2O2S2. The van der Waals surface area contributed by atoms with E-state index in [1.165, 1.54) is 48.2 Å². The van der Waals surface area contributed by atoms with Gasteiger partial charge in [0, 0.05) is 43.4 Å². The molecule has 49 heavy (non-hydrogen) atoms. The van der Waals surface area contributed by atoms with Crippen molar-refractivity contribution in [1.82, 2.24) is 8.97 Å². The Labute approximate surface area is 286 Å². The van der Waals surface area contributed by atoms with Crippen molar-refractivity contribution in [1.29, 1.82) is 0 Å². The van der Waals surface area contributed by atoms with Crippen molar-refractivity contribution in [3.63, 3.8) is 0 Å². The number of rotatable bonds is 2. The minimum Gasteiger partial charge on any atom is -0.309 e. The van der Waals surface area contributed by atoms with Crippen molar-refractivity contribution >= 4 is 80.4 Å². The van der Waals surface area contributed by atoms with E-state index in [0.717, 1.165) is 39.0 Å². The Kier molecular flexibility index (Phi) is 5.15. The fourth-order valence-electron chi connectivity index (χ4n) is 8.64. The molecule has 0 bridgehead atoms. The molecule has 0 N–H and O–H groups in total. The molecule has 0 spiro atoms. The molecule has 0 radical (unpaired) electrons. The first-order chi connectivity index (χ1) is 23.8. The minimum atomic E-state index is -3.74. The summed E-state index contributed by atoms with van der Waals surface area (Å²) in [7, 11) is -3.74. The number of thiophene rings is 1. The summed E-state index contributed by atoms with van der Waals surface area (Å²) in [5, 5.41) is 9.45. The van der Waals surface area contributed by atoms with Gasteiger partial charge in [0.1, 0.15) is 4.83 Å². The lowest BCUT2D eigenvalue weighted by atomic mass is 9.76. The summed E-state index contributed by atoms with van der Waals surface area (Å²) in [6.07, 6.45) is 0. The third kappa shape index (κ3) is 3.40. The summed E-state index contributed by atoms with van der Waals surface area (Å²) in [6.45, 7) is 4.32. The average Bonchev–Trinajstić information content (AvgIpc) is 3.88. The van der Waals surface area contributed by atoms with Crippen LogP contribution >= 0.6 is 11.3 Å². The first-order valence-electron chi connectivity index (χ1n) is 16.5. The Hall–Kier alpha value is -5.43. The molecule has 6 heteroatoms. The van der Waals surface area contributed by atoms with Gasteiger partial charge in [-0.15, -0.1) is 11.3 Å². The number of sulfone groups is 1. The maximum absolute atomic E-state index is 14.3. The molecule has 6 aromatic carbocycles. The zero-order chi connectivity index (χ0) is 32.8. The highest BCUT2D eigenvalue weighted by atomic mass is 32.2. The molecule has 0 unspecified atom stereocenters. The molecule has 11 rings (SSSR count). The number of aromatic nitrogens is 2. The lowest BCUT2D eigenvalue weighted by Gasteiger charge is -2.35. The predicted molar refractivity (Wildman–Crippen MR) is 203 cm³/mol. The molecule has 0 saturated carbocycles. The lowest BCUT2D eigenvalue weighted by molar-refractivity contribution is 0.555. The van der Waals surface area contributed by atoms with Crippen LogP contribution in [-0.2, 0) is 15.3 Å². The van der Waals surface area contributed by atoms with Crippen LogP contribution in [0.4, 0.5) is 0 Å². The van der Waals surface area contributed by atoms with Crippen LogP contribution in [-0.4, -0.2) is 17.4 Å². The zero-order valence-corrected chi connectivity index (χ0v) is 28.4. The van der Waals surface area contributed by atoms with E-state index in [-0.39, 0.29) is 0 Å². The molecule has 0 fully saturated rings. The van der Waals surface area contributed by atoms with E-state index in [1.54, 1.807) is 11.3 Å². The summed E-state index contributed by atoms with van der Waals surface area (Å²) < 4.78 is 33.4. The van der Waals surface area contributed by atoms with Crippen molar-refractivity contribution in [3.05, 3.63) is 144 Å². The number of hydrogen-bond acceptors (Lipinski definition) is 3. The first kappa shape index (κ1) is 27.5. The second kappa shape index (κ2) is 9.17. The number of hydrogen-bond donors (Lipinski definition) is 0. The standard InChI is InChI=1S/C43H28N2O2S2/c1-43(2)34-23-25(26-21-32-30-11-5-8-14-38(30)45-41(32)33(22-26)31-19-20-48-42(31)45)15-17-39(34)49(46,47)40-18-16-27(24-35(40)43)44-36-12-6-3-9-28(36)29-10-4-7-13-37(29)44/h3-24H,1-2H3. The van der Waals surface area contributed by atoms with Crippen LogP contribution in [0.25, 0.3) is 76.0 Å². The molecule has 4 aromatic heterocycles. The number of nitrogens with zero attached hydrogens (tertiary/aromatic N) is 2. The van der Waals surface area contributed by atoms with Gasteiger partial charge in [-0.3, -0.25) is 4.40 Å². The van der Waals surface area contributed by atoms with E-state index in [1.807, 2.05) is 24.3 Å². The Bertz CT molecular complexity index is 3100.